The standard InChI is InChI=1S/C15H14FN3O3/c1-8-13-9(2)22-18-14(13)15(21)19(17-8)7-12(20)10-4-3-5-11(16)6-10/h3-6,12,20H,7H2,1-2H3. The van der Waals surface area contributed by atoms with Crippen LogP contribution in [0.4, 0.5) is 4.39 Å². The monoisotopic (exact) mass is 303 g/mol. The summed E-state index contributed by atoms with van der Waals surface area (Å²) in [6.07, 6.45) is -1.05. The van der Waals surface area contributed by atoms with Gasteiger partial charge in [-0.25, -0.2) is 9.07 Å². The van der Waals surface area contributed by atoms with Crippen molar-refractivity contribution in [1.82, 2.24) is 14.9 Å². The van der Waals surface area contributed by atoms with Gasteiger partial charge in [-0.05, 0) is 31.5 Å². The fourth-order valence-electron chi connectivity index (χ4n) is 2.45. The van der Waals surface area contributed by atoms with Crippen molar-refractivity contribution in [1.29, 1.82) is 0 Å². The molecule has 0 aliphatic carbocycles. The second-order valence-corrected chi connectivity index (χ2v) is 5.11. The number of hydrogen-bond acceptors (Lipinski definition) is 5. The molecule has 2 heterocycles. The fraction of sp³-hybridized carbons (Fsp3) is 0.267. The van der Waals surface area contributed by atoms with E-state index in [1.165, 1.54) is 18.2 Å². The van der Waals surface area contributed by atoms with Crippen molar-refractivity contribution in [3.8, 4) is 0 Å². The predicted octanol–water partition coefficient (Wildman–Crippen LogP) is 1.87. The molecule has 22 heavy (non-hydrogen) atoms. The van der Waals surface area contributed by atoms with E-state index in [0.717, 1.165) is 4.68 Å². The molecule has 0 amide bonds. The van der Waals surface area contributed by atoms with E-state index in [2.05, 4.69) is 10.3 Å². The summed E-state index contributed by atoms with van der Waals surface area (Å²) in [7, 11) is 0. The number of halogens is 1. The minimum Gasteiger partial charge on any atom is -0.386 e. The summed E-state index contributed by atoms with van der Waals surface area (Å²) in [5.41, 5.74) is 0.687. The van der Waals surface area contributed by atoms with E-state index in [-0.39, 0.29) is 12.1 Å². The van der Waals surface area contributed by atoms with Gasteiger partial charge < -0.3 is 9.63 Å². The Labute approximate surface area is 124 Å². The number of benzene rings is 1. The van der Waals surface area contributed by atoms with Crippen molar-refractivity contribution in [3.63, 3.8) is 0 Å². The minimum absolute atomic E-state index is 0.0923. The Bertz CT molecular complexity index is 901. The largest absolute Gasteiger partial charge is 0.386 e. The summed E-state index contributed by atoms with van der Waals surface area (Å²) in [6, 6.07) is 5.60. The maximum absolute atomic E-state index is 13.2. The topological polar surface area (TPSA) is 81.1 Å². The van der Waals surface area contributed by atoms with Crippen LogP contribution in [-0.4, -0.2) is 20.0 Å². The van der Waals surface area contributed by atoms with Crippen LogP contribution >= 0.6 is 0 Å². The summed E-state index contributed by atoms with van der Waals surface area (Å²) >= 11 is 0. The van der Waals surface area contributed by atoms with Crippen LogP contribution in [0.15, 0.2) is 33.6 Å². The summed E-state index contributed by atoms with van der Waals surface area (Å²) < 4.78 is 19.3. The second kappa shape index (κ2) is 5.34. The molecule has 0 aliphatic rings. The summed E-state index contributed by atoms with van der Waals surface area (Å²) in [4.78, 5) is 12.3. The zero-order chi connectivity index (χ0) is 15.9. The van der Waals surface area contributed by atoms with E-state index < -0.39 is 17.5 Å². The van der Waals surface area contributed by atoms with Crippen LogP contribution in [0.25, 0.3) is 10.9 Å². The number of nitrogens with zero attached hydrogens (tertiary/aromatic N) is 3. The summed E-state index contributed by atoms with van der Waals surface area (Å²) in [6.45, 7) is 3.34. The molecule has 1 aromatic carbocycles. The Hall–Kier alpha value is -2.54. The third-order valence-electron chi connectivity index (χ3n) is 3.51. The van der Waals surface area contributed by atoms with Crippen molar-refractivity contribution >= 4 is 10.9 Å². The van der Waals surface area contributed by atoms with Gasteiger partial charge in [0.05, 0.1) is 23.7 Å². The van der Waals surface area contributed by atoms with Crippen LogP contribution < -0.4 is 5.56 Å². The molecular formula is C15H14FN3O3. The molecule has 0 saturated carbocycles. The zero-order valence-corrected chi connectivity index (χ0v) is 12.1. The quantitative estimate of drug-likeness (QED) is 0.799. The van der Waals surface area contributed by atoms with Gasteiger partial charge in [-0.1, -0.05) is 17.3 Å². The lowest BCUT2D eigenvalue weighted by Gasteiger charge is -2.12. The minimum atomic E-state index is -1.05. The molecule has 0 radical (unpaired) electrons. The highest BCUT2D eigenvalue weighted by Crippen LogP contribution is 2.18. The van der Waals surface area contributed by atoms with Crippen LogP contribution in [0.5, 0.6) is 0 Å². The van der Waals surface area contributed by atoms with Crippen LogP contribution in [-0.2, 0) is 6.54 Å². The van der Waals surface area contributed by atoms with Gasteiger partial charge in [-0.2, -0.15) is 5.10 Å². The average molecular weight is 303 g/mol. The molecule has 1 N–H and O–H groups in total. The normalized spacial score (nSPS) is 12.7. The van der Waals surface area contributed by atoms with E-state index in [4.69, 9.17) is 4.52 Å². The first kappa shape index (κ1) is 14.4. The lowest BCUT2D eigenvalue weighted by molar-refractivity contribution is 0.149. The molecule has 7 heteroatoms. The molecule has 0 saturated heterocycles. The molecule has 114 valence electrons. The first-order chi connectivity index (χ1) is 10.5. The molecule has 6 nitrogen and oxygen atoms in total. The van der Waals surface area contributed by atoms with Gasteiger partial charge in [-0.15, -0.1) is 0 Å². The molecule has 0 aliphatic heterocycles. The van der Waals surface area contributed by atoms with E-state index in [0.29, 0.717) is 22.4 Å². The Balaban J connectivity index is 2.01. The molecule has 1 atom stereocenters. The summed E-state index contributed by atoms with van der Waals surface area (Å²) in [5, 5.41) is 18.7. The molecule has 0 fully saturated rings. The van der Waals surface area contributed by atoms with Crippen LogP contribution in [0, 0.1) is 19.7 Å². The number of rotatable bonds is 3. The van der Waals surface area contributed by atoms with Crippen molar-refractivity contribution in [2.75, 3.05) is 0 Å². The zero-order valence-electron chi connectivity index (χ0n) is 12.1. The van der Waals surface area contributed by atoms with Gasteiger partial charge in [0.1, 0.15) is 11.6 Å². The lowest BCUT2D eigenvalue weighted by atomic mass is 10.1. The maximum Gasteiger partial charge on any atom is 0.296 e. The van der Waals surface area contributed by atoms with Crippen LogP contribution in [0.1, 0.15) is 23.1 Å². The van der Waals surface area contributed by atoms with E-state index in [1.807, 2.05) is 0 Å². The fourth-order valence-corrected chi connectivity index (χ4v) is 2.45. The Morgan fingerprint density at radius 2 is 2.18 bits per heavy atom. The maximum atomic E-state index is 13.2. The van der Waals surface area contributed by atoms with E-state index in [1.54, 1.807) is 19.9 Å². The molecule has 2 aromatic heterocycles. The molecule has 0 spiro atoms. The SMILES string of the molecule is Cc1nn(CC(O)c2cccc(F)c2)c(=O)c2noc(C)c12. The second-order valence-electron chi connectivity index (χ2n) is 5.11. The number of aromatic nitrogens is 3. The van der Waals surface area contributed by atoms with Gasteiger partial charge in [0.25, 0.3) is 5.56 Å². The third kappa shape index (κ3) is 2.39. The molecular weight excluding hydrogens is 289 g/mol. The Morgan fingerprint density at radius 1 is 1.41 bits per heavy atom. The number of aryl methyl sites for hydroxylation is 2. The van der Waals surface area contributed by atoms with Crippen molar-refractivity contribution < 1.29 is 14.0 Å². The van der Waals surface area contributed by atoms with Crippen molar-refractivity contribution in [2.24, 2.45) is 0 Å². The van der Waals surface area contributed by atoms with E-state index >= 15 is 0 Å². The van der Waals surface area contributed by atoms with Gasteiger partial charge in [0.2, 0.25) is 0 Å². The first-order valence-corrected chi connectivity index (χ1v) is 6.74. The highest BCUT2D eigenvalue weighted by molar-refractivity contribution is 5.81. The van der Waals surface area contributed by atoms with Gasteiger partial charge in [0.15, 0.2) is 5.52 Å². The van der Waals surface area contributed by atoms with Crippen LogP contribution in [0.2, 0.25) is 0 Å². The smallest absolute Gasteiger partial charge is 0.296 e. The van der Waals surface area contributed by atoms with E-state index in [9.17, 15) is 14.3 Å². The molecule has 3 rings (SSSR count). The first-order valence-electron chi connectivity index (χ1n) is 6.74. The number of hydrogen-bond donors (Lipinski definition) is 1. The van der Waals surface area contributed by atoms with Crippen molar-refractivity contribution in [3.05, 3.63) is 57.5 Å². The van der Waals surface area contributed by atoms with Crippen LogP contribution in [0.3, 0.4) is 0 Å². The molecule has 1 unspecified atom stereocenters. The van der Waals surface area contributed by atoms with Gasteiger partial charge in [0, 0.05) is 0 Å². The number of aliphatic hydroxyl groups excluding tert-OH is 1. The molecule has 3 aromatic rings. The van der Waals surface area contributed by atoms with Gasteiger partial charge in [-0.3, -0.25) is 4.79 Å². The molecule has 0 bridgehead atoms. The average Bonchev–Trinajstić information content (AvgIpc) is 2.87. The highest BCUT2D eigenvalue weighted by Gasteiger charge is 2.17. The predicted molar refractivity (Wildman–Crippen MR) is 76.9 cm³/mol. The number of aliphatic hydroxyl groups is 1. The summed E-state index contributed by atoms with van der Waals surface area (Å²) in [5.74, 6) is 0.0746. The Morgan fingerprint density at radius 3 is 2.91 bits per heavy atom. The van der Waals surface area contributed by atoms with Crippen molar-refractivity contribution in [2.45, 2.75) is 26.5 Å². The Kier molecular flexibility index (Phi) is 3.50. The number of fused-ring (bicyclic) bond motifs is 1. The third-order valence-corrected chi connectivity index (χ3v) is 3.51. The van der Waals surface area contributed by atoms with Gasteiger partial charge >= 0.3 is 0 Å². The highest BCUT2D eigenvalue weighted by atomic mass is 19.1. The lowest BCUT2D eigenvalue weighted by Crippen LogP contribution is -2.27.